The maximum atomic E-state index is 10.6. The van der Waals surface area contributed by atoms with Crippen molar-refractivity contribution in [2.24, 2.45) is 0 Å². The first-order valence-corrected chi connectivity index (χ1v) is 5.70. The van der Waals surface area contributed by atoms with Crippen LogP contribution in [0.3, 0.4) is 0 Å². The molecule has 2 heteroatoms. The van der Waals surface area contributed by atoms with Crippen molar-refractivity contribution >= 4 is 11.5 Å². The molecule has 1 aromatic carbocycles. The summed E-state index contributed by atoms with van der Waals surface area (Å²) in [5.74, 6) is -0.879. The van der Waals surface area contributed by atoms with E-state index in [1.54, 1.807) is 0 Å². The highest BCUT2D eigenvalue weighted by molar-refractivity contribution is 5.89. The Kier molecular flexibility index (Phi) is 3.09. The Morgan fingerprint density at radius 1 is 1.25 bits per heavy atom. The van der Waals surface area contributed by atoms with Gasteiger partial charge in [-0.1, -0.05) is 18.2 Å². The van der Waals surface area contributed by atoms with E-state index >= 15 is 0 Å². The van der Waals surface area contributed by atoms with Gasteiger partial charge in [-0.15, -0.1) is 0 Å². The van der Waals surface area contributed by atoms with E-state index in [9.17, 15) is 4.79 Å². The van der Waals surface area contributed by atoms with Crippen LogP contribution < -0.4 is 0 Å². The van der Waals surface area contributed by atoms with Gasteiger partial charge in [0.1, 0.15) is 0 Å². The molecule has 0 radical (unpaired) electrons. The summed E-state index contributed by atoms with van der Waals surface area (Å²) in [6, 6.07) is 6.31. The van der Waals surface area contributed by atoms with E-state index in [0.29, 0.717) is 0 Å². The van der Waals surface area contributed by atoms with Gasteiger partial charge < -0.3 is 5.11 Å². The molecule has 0 atom stereocenters. The molecule has 1 N–H and O–H groups in total. The number of carboxylic acid groups (broad SMARTS) is 1. The minimum Gasteiger partial charge on any atom is -0.478 e. The van der Waals surface area contributed by atoms with Crippen LogP contribution in [0.25, 0.3) is 5.57 Å². The normalized spacial score (nSPS) is 15.7. The van der Waals surface area contributed by atoms with Gasteiger partial charge in [-0.05, 0) is 54.9 Å². The van der Waals surface area contributed by atoms with Gasteiger partial charge in [0.25, 0.3) is 0 Å². The Morgan fingerprint density at radius 3 is 2.62 bits per heavy atom. The van der Waals surface area contributed by atoms with Crippen LogP contribution in [0.1, 0.15) is 36.5 Å². The van der Waals surface area contributed by atoms with Crippen LogP contribution in [0, 0.1) is 0 Å². The minimum atomic E-state index is -0.879. The zero-order valence-electron chi connectivity index (χ0n) is 9.49. The summed E-state index contributed by atoms with van der Waals surface area (Å²) in [6.07, 6.45) is 6.08. The summed E-state index contributed by atoms with van der Waals surface area (Å²) in [7, 11) is 0. The Hall–Kier alpha value is -1.57. The van der Waals surface area contributed by atoms with Crippen molar-refractivity contribution in [3.8, 4) is 0 Å². The quantitative estimate of drug-likeness (QED) is 0.771. The first-order chi connectivity index (χ1) is 7.66. The summed E-state index contributed by atoms with van der Waals surface area (Å²) in [5.41, 5.74) is 4.67. The number of hydrogen-bond donors (Lipinski definition) is 1. The maximum Gasteiger partial charge on any atom is 0.328 e. The van der Waals surface area contributed by atoms with Gasteiger partial charge in [-0.3, -0.25) is 0 Å². The van der Waals surface area contributed by atoms with Gasteiger partial charge in [0.2, 0.25) is 0 Å². The highest BCUT2D eigenvalue weighted by atomic mass is 16.4. The fourth-order valence-corrected chi connectivity index (χ4v) is 2.25. The van der Waals surface area contributed by atoms with Crippen LogP contribution in [0.4, 0.5) is 0 Å². The fraction of sp³-hybridized carbons (Fsp3) is 0.357. The lowest BCUT2D eigenvalue weighted by molar-refractivity contribution is -0.131. The second kappa shape index (κ2) is 4.52. The van der Waals surface area contributed by atoms with E-state index < -0.39 is 5.97 Å². The second-order valence-corrected chi connectivity index (χ2v) is 4.36. The molecule has 2 nitrogen and oxygen atoms in total. The molecular weight excluding hydrogens is 200 g/mol. The molecule has 0 spiro atoms. The number of rotatable bonds is 2. The van der Waals surface area contributed by atoms with Crippen LogP contribution in [-0.4, -0.2) is 11.1 Å². The molecule has 0 saturated heterocycles. The molecule has 0 aromatic heterocycles. The topological polar surface area (TPSA) is 37.3 Å². The first kappa shape index (κ1) is 10.9. The molecule has 84 valence electrons. The minimum absolute atomic E-state index is 0.820. The molecular formula is C14H16O2. The highest BCUT2D eigenvalue weighted by Crippen LogP contribution is 2.25. The molecule has 1 aliphatic rings. The Balaban J connectivity index is 2.33. The number of fused-ring (bicyclic) bond motifs is 1. The van der Waals surface area contributed by atoms with Crippen LogP contribution in [-0.2, 0) is 17.6 Å². The lowest BCUT2D eigenvalue weighted by Gasteiger charge is -2.16. The number of allylic oxidation sites excluding steroid dienone is 1. The van der Waals surface area contributed by atoms with Gasteiger partial charge in [-0.2, -0.15) is 0 Å². The zero-order chi connectivity index (χ0) is 11.5. The third-order valence-corrected chi connectivity index (χ3v) is 3.14. The van der Waals surface area contributed by atoms with Crippen molar-refractivity contribution in [3.63, 3.8) is 0 Å². The summed E-state index contributed by atoms with van der Waals surface area (Å²) in [6.45, 7) is 1.85. The Labute approximate surface area is 95.6 Å². The van der Waals surface area contributed by atoms with Crippen molar-refractivity contribution in [1.29, 1.82) is 0 Å². The summed E-state index contributed by atoms with van der Waals surface area (Å²) in [4.78, 5) is 10.6. The summed E-state index contributed by atoms with van der Waals surface area (Å²) < 4.78 is 0. The molecule has 0 saturated carbocycles. The average molecular weight is 216 g/mol. The van der Waals surface area contributed by atoms with E-state index in [1.165, 1.54) is 30.0 Å². The number of aryl methyl sites for hydroxylation is 2. The molecule has 0 amide bonds. The molecule has 1 aliphatic carbocycles. The lowest BCUT2D eigenvalue weighted by Crippen LogP contribution is -2.03. The van der Waals surface area contributed by atoms with Gasteiger partial charge in [0.05, 0.1) is 0 Å². The van der Waals surface area contributed by atoms with E-state index in [1.807, 2.05) is 13.0 Å². The Morgan fingerprint density at radius 2 is 1.94 bits per heavy atom. The van der Waals surface area contributed by atoms with Gasteiger partial charge in [-0.25, -0.2) is 4.79 Å². The third kappa shape index (κ3) is 2.32. The second-order valence-electron chi connectivity index (χ2n) is 4.36. The monoisotopic (exact) mass is 216 g/mol. The summed E-state index contributed by atoms with van der Waals surface area (Å²) in [5, 5.41) is 8.71. The molecule has 0 unspecified atom stereocenters. The zero-order valence-corrected chi connectivity index (χ0v) is 9.49. The van der Waals surface area contributed by atoms with Crippen molar-refractivity contribution in [1.82, 2.24) is 0 Å². The van der Waals surface area contributed by atoms with Gasteiger partial charge >= 0.3 is 5.97 Å². The number of hydrogen-bond acceptors (Lipinski definition) is 1. The van der Waals surface area contributed by atoms with Crippen molar-refractivity contribution < 1.29 is 9.90 Å². The van der Waals surface area contributed by atoms with Crippen LogP contribution in [0.5, 0.6) is 0 Å². The SMILES string of the molecule is CC(=CC(=O)O)c1ccc2c(c1)CCCC2. The lowest BCUT2D eigenvalue weighted by atomic mass is 9.89. The first-order valence-electron chi connectivity index (χ1n) is 5.70. The van der Waals surface area contributed by atoms with Gasteiger partial charge in [0, 0.05) is 6.08 Å². The molecule has 0 aliphatic heterocycles. The third-order valence-electron chi connectivity index (χ3n) is 3.14. The fourth-order valence-electron chi connectivity index (χ4n) is 2.25. The highest BCUT2D eigenvalue weighted by Gasteiger charge is 2.10. The van der Waals surface area contributed by atoms with E-state index in [4.69, 9.17) is 5.11 Å². The Bertz CT molecular complexity index is 444. The number of benzene rings is 1. The van der Waals surface area contributed by atoms with Crippen LogP contribution in [0.2, 0.25) is 0 Å². The number of aliphatic carboxylic acids is 1. The number of carboxylic acids is 1. The molecule has 2 rings (SSSR count). The standard InChI is InChI=1S/C14H16O2/c1-10(8-14(15)16)12-7-6-11-4-2-3-5-13(11)9-12/h6-9H,2-5H2,1H3,(H,15,16). The average Bonchev–Trinajstić information content (AvgIpc) is 2.27. The van der Waals surface area contributed by atoms with E-state index in [0.717, 1.165) is 24.0 Å². The van der Waals surface area contributed by atoms with Crippen LogP contribution >= 0.6 is 0 Å². The van der Waals surface area contributed by atoms with E-state index in [2.05, 4.69) is 12.1 Å². The summed E-state index contributed by atoms with van der Waals surface area (Å²) >= 11 is 0. The van der Waals surface area contributed by atoms with Crippen LogP contribution in [0.15, 0.2) is 24.3 Å². The predicted octanol–water partition coefficient (Wildman–Crippen LogP) is 3.05. The molecule has 0 heterocycles. The smallest absolute Gasteiger partial charge is 0.328 e. The van der Waals surface area contributed by atoms with E-state index in [-0.39, 0.29) is 0 Å². The van der Waals surface area contributed by atoms with Gasteiger partial charge in [0.15, 0.2) is 0 Å². The van der Waals surface area contributed by atoms with Crippen molar-refractivity contribution in [3.05, 3.63) is 41.0 Å². The predicted molar refractivity (Wildman–Crippen MR) is 64.4 cm³/mol. The molecule has 0 fully saturated rings. The maximum absolute atomic E-state index is 10.6. The number of carbonyl (C=O) groups is 1. The molecule has 1 aromatic rings. The van der Waals surface area contributed by atoms with Crippen molar-refractivity contribution in [2.75, 3.05) is 0 Å². The largest absolute Gasteiger partial charge is 0.478 e. The van der Waals surface area contributed by atoms with Crippen molar-refractivity contribution in [2.45, 2.75) is 32.6 Å². The molecule has 16 heavy (non-hydrogen) atoms. The molecule has 0 bridgehead atoms.